The van der Waals surface area contributed by atoms with Crippen molar-refractivity contribution in [3.8, 4) is 0 Å². The summed E-state index contributed by atoms with van der Waals surface area (Å²) in [7, 11) is 0. The number of nitrogens with one attached hydrogen (secondary N) is 1. The molecule has 0 aromatic heterocycles. The first kappa shape index (κ1) is 21.0. The molecule has 3 rings (SSSR count). The molecule has 0 bridgehead atoms. The number of alkyl halides is 2. The van der Waals surface area contributed by atoms with Gasteiger partial charge in [-0.3, -0.25) is 4.79 Å². The molecule has 1 aliphatic rings. The van der Waals surface area contributed by atoms with Gasteiger partial charge in [-0.1, -0.05) is 0 Å². The minimum Gasteiger partial charge on any atom is -0.387 e. The molecule has 0 spiro atoms. The van der Waals surface area contributed by atoms with Crippen molar-refractivity contribution in [1.82, 2.24) is 0 Å². The van der Waals surface area contributed by atoms with Gasteiger partial charge in [-0.25, -0.2) is 26.3 Å². The summed E-state index contributed by atoms with van der Waals surface area (Å²) in [6, 6.07) is 4.33. The Balaban J connectivity index is 1.82. The van der Waals surface area contributed by atoms with Crippen molar-refractivity contribution in [2.45, 2.75) is 24.9 Å². The number of amides is 1. The van der Waals surface area contributed by atoms with Gasteiger partial charge in [0.25, 0.3) is 11.8 Å². The van der Waals surface area contributed by atoms with Crippen molar-refractivity contribution < 1.29 is 36.2 Å². The van der Waals surface area contributed by atoms with E-state index in [1.807, 2.05) is 0 Å². The van der Waals surface area contributed by atoms with Crippen LogP contribution in [0.25, 0.3) is 0 Å². The van der Waals surface area contributed by atoms with Gasteiger partial charge in [0.2, 0.25) is 0 Å². The maximum atomic E-state index is 14.3. The molecule has 0 saturated carbocycles. The van der Waals surface area contributed by atoms with Crippen molar-refractivity contribution in [2.24, 2.45) is 0 Å². The van der Waals surface area contributed by atoms with Gasteiger partial charge in [0, 0.05) is 42.9 Å². The second kappa shape index (κ2) is 7.94. The molecule has 10 heteroatoms. The first-order valence-electron chi connectivity index (χ1n) is 8.65. The summed E-state index contributed by atoms with van der Waals surface area (Å²) in [5, 5.41) is 11.7. The topological polar surface area (TPSA) is 52.6 Å². The molecule has 1 aliphatic heterocycles. The first-order chi connectivity index (χ1) is 13.6. The van der Waals surface area contributed by atoms with E-state index in [0.717, 1.165) is 18.2 Å². The fourth-order valence-electron chi connectivity index (χ4n) is 3.02. The molecule has 1 unspecified atom stereocenters. The van der Waals surface area contributed by atoms with Gasteiger partial charge < -0.3 is 15.3 Å². The van der Waals surface area contributed by atoms with E-state index in [4.69, 9.17) is 0 Å². The van der Waals surface area contributed by atoms with E-state index in [9.17, 15) is 36.2 Å². The number of aliphatic hydroxyl groups is 1. The summed E-state index contributed by atoms with van der Waals surface area (Å²) in [4.78, 5) is 13.6. The van der Waals surface area contributed by atoms with E-state index in [1.54, 1.807) is 0 Å². The molecule has 156 valence electrons. The average Bonchev–Trinajstić information content (AvgIpc) is 2.79. The molecule has 0 radical (unpaired) electrons. The van der Waals surface area contributed by atoms with Crippen LogP contribution in [0.3, 0.4) is 0 Å². The van der Waals surface area contributed by atoms with Crippen LogP contribution in [-0.4, -0.2) is 36.1 Å². The predicted molar refractivity (Wildman–Crippen MR) is 93.1 cm³/mol. The third-order valence-electron chi connectivity index (χ3n) is 4.67. The van der Waals surface area contributed by atoms with Gasteiger partial charge in [0.05, 0.1) is 5.69 Å². The molecule has 1 amide bonds. The van der Waals surface area contributed by atoms with Crippen LogP contribution in [0.2, 0.25) is 0 Å². The molecule has 4 nitrogen and oxygen atoms in total. The monoisotopic (exact) mass is 418 g/mol. The summed E-state index contributed by atoms with van der Waals surface area (Å²) in [5.41, 5.74) is -0.586. The minimum atomic E-state index is -3.31. The number of hydrogen-bond donors (Lipinski definition) is 2. The number of aliphatic hydroxyl groups excluding tert-OH is 1. The highest BCUT2D eigenvalue weighted by Crippen LogP contribution is 2.32. The van der Waals surface area contributed by atoms with Crippen LogP contribution in [0.1, 0.15) is 23.2 Å². The summed E-state index contributed by atoms with van der Waals surface area (Å²) in [6.07, 6.45) is -2.85. The van der Waals surface area contributed by atoms with Gasteiger partial charge >= 0.3 is 0 Å². The second-order valence-corrected chi connectivity index (χ2v) is 6.68. The summed E-state index contributed by atoms with van der Waals surface area (Å²) in [5.74, 6) is -9.62. The van der Waals surface area contributed by atoms with E-state index in [0.29, 0.717) is 12.1 Å². The zero-order chi connectivity index (χ0) is 21.3. The Kier molecular flexibility index (Phi) is 5.74. The Hall–Kier alpha value is -2.75. The Morgan fingerprint density at radius 2 is 1.69 bits per heavy atom. The van der Waals surface area contributed by atoms with Gasteiger partial charge in [-0.2, -0.15) is 0 Å². The van der Waals surface area contributed by atoms with Crippen LogP contribution in [0.5, 0.6) is 0 Å². The van der Waals surface area contributed by atoms with E-state index in [1.165, 1.54) is 4.90 Å². The van der Waals surface area contributed by atoms with Gasteiger partial charge in [-0.15, -0.1) is 0 Å². The number of carbonyl (C=O) groups is 1. The van der Waals surface area contributed by atoms with Crippen LogP contribution < -0.4 is 10.2 Å². The molecular weight excluding hydrogens is 402 g/mol. The van der Waals surface area contributed by atoms with Gasteiger partial charge in [0.1, 0.15) is 11.9 Å². The maximum Gasteiger partial charge on any atom is 0.275 e. The lowest BCUT2D eigenvalue weighted by Gasteiger charge is -2.23. The molecule has 2 aromatic rings. The number of nitrogens with zero attached hydrogens (tertiary/aromatic N) is 1. The van der Waals surface area contributed by atoms with Crippen LogP contribution in [-0.2, 0) is 0 Å². The fourth-order valence-corrected chi connectivity index (χ4v) is 3.02. The Bertz CT molecular complexity index is 914. The predicted octanol–water partition coefficient (Wildman–Crippen LogP) is 4.09. The number of carbonyl (C=O) groups excluding carboxylic acids is 1. The second-order valence-electron chi connectivity index (χ2n) is 6.68. The zero-order valence-electron chi connectivity index (χ0n) is 14.9. The first-order valence-corrected chi connectivity index (χ1v) is 8.65. The summed E-state index contributed by atoms with van der Waals surface area (Å²) in [6.45, 7) is -0.312. The quantitative estimate of drug-likeness (QED) is 0.583. The third kappa shape index (κ3) is 4.47. The van der Waals surface area contributed by atoms with Gasteiger partial charge in [-0.05, 0) is 24.6 Å². The van der Waals surface area contributed by atoms with Crippen molar-refractivity contribution >= 4 is 17.3 Å². The highest BCUT2D eigenvalue weighted by atomic mass is 19.3. The van der Waals surface area contributed by atoms with Crippen molar-refractivity contribution in [1.29, 1.82) is 0 Å². The molecule has 29 heavy (non-hydrogen) atoms. The Morgan fingerprint density at radius 1 is 1.03 bits per heavy atom. The average molecular weight is 418 g/mol. The fraction of sp³-hybridized carbons (Fsp3) is 0.316. The van der Waals surface area contributed by atoms with Crippen LogP contribution in [0.4, 0.5) is 37.7 Å². The van der Waals surface area contributed by atoms with Crippen molar-refractivity contribution in [3.05, 3.63) is 59.2 Å². The number of anilines is 2. The van der Waals surface area contributed by atoms with Crippen LogP contribution in [0, 0.1) is 23.3 Å². The number of benzene rings is 2. The minimum absolute atomic E-state index is 0.0624. The number of rotatable bonds is 3. The summed E-state index contributed by atoms with van der Waals surface area (Å²) >= 11 is 0. The lowest BCUT2D eigenvalue weighted by atomic mass is 10.1. The summed E-state index contributed by atoms with van der Waals surface area (Å²) < 4.78 is 81.2. The lowest BCUT2D eigenvalue weighted by molar-refractivity contribution is -0.108. The molecule has 0 aliphatic carbocycles. The normalized spacial score (nSPS) is 19.0. The lowest BCUT2D eigenvalue weighted by Crippen LogP contribution is -2.32. The SMILES string of the molecule is O=C(Nc1cc(F)c(F)c(F)c1)c1ccc(F)c(N2CCC(O)C(F)(F)CC2)c1. The molecule has 2 N–H and O–H groups in total. The molecule has 1 saturated heterocycles. The molecule has 1 heterocycles. The standard InChI is InChI=1S/C19H16F6N2O2/c20-12-2-1-10(18(29)26-11-8-13(21)17(23)14(22)9-11)7-15(12)27-5-3-16(28)19(24,25)4-6-27/h1-2,7-9,16,28H,3-6H2,(H,26,29). The van der Waals surface area contributed by atoms with E-state index >= 15 is 0 Å². The maximum absolute atomic E-state index is 14.3. The Morgan fingerprint density at radius 3 is 2.34 bits per heavy atom. The highest BCUT2D eigenvalue weighted by molar-refractivity contribution is 6.04. The molecule has 2 aromatic carbocycles. The molecule has 1 atom stereocenters. The zero-order valence-corrected chi connectivity index (χ0v) is 14.9. The molecule has 1 fully saturated rings. The van der Waals surface area contributed by atoms with Crippen molar-refractivity contribution in [2.75, 3.05) is 23.3 Å². The largest absolute Gasteiger partial charge is 0.387 e. The molecular formula is C19H16F6N2O2. The third-order valence-corrected chi connectivity index (χ3v) is 4.67. The highest BCUT2D eigenvalue weighted by Gasteiger charge is 2.40. The number of hydrogen-bond acceptors (Lipinski definition) is 3. The smallest absolute Gasteiger partial charge is 0.275 e. The van der Waals surface area contributed by atoms with E-state index in [-0.39, 0.29) is 36.4 Å². The van der Waals surface area contributed by atoms with E-state index in [2.05, 4.69) is 5.32 Å². The van der Waals surface area contributed by atoms with Crippen LogP contribution in [0.15, 0.2) is 30.3 Å². The number of halogens is 6. The van der Waals surface area contributed by atoms with Gasteiger partial charge in [0.15, 0.2) is 17.5 Å². The Labute approximate surface area is 161 Å². The van der Waals surface area contributed by atoms with Crippen molar-refractivity contribution in [3.63, 3.8) is 0 Å². The van der Waals surface area contributed by atoms with Crippen LogP contribution >= 0.6 is 0 Å². The van der Waals surface area contributed by atoms with E-state index < -0.39 is 47.6 Å².